The van der Waals surface area contributed by atoms with Gasteiger partial charge in [-0.25, -0.2) is 0 Å². The lowest BCUT2D eigenvalue weighted by molar-refractivity contribution is 0.164. The second kappa shape index (κ2) is 6.57. The summed E-state index contributed by atoms with van der Waals surface area (Å²) in [5.74, 6) is 0.796. The number of hydrogen-bond acceptors (Lipinski definition) is 3. The van der Waals surface area contributed by atoms with Crippen LogP contribution in [0.3, 0.4) is 0 Å². The van der Waals surface area contributed by atoms with Crippen molar-refractivity contribution in [2.45, 2.75) is 25.4 Å². The molecule has 2 nitrogen and oxygen atoms in total. The van der Waals surface area contributed by atoms with E-state index in [1.807, 2.05) is 24.3 Å². The molecule has 0 saturated carbocycles. The van der Waals surface area contributed by atoms with E-state index in [0.29, 0.717) is 0 Å². The number of aliphatic hydroxyl groups is 1. The van der Waals surface area contributed by atoms with Crippen molar-refractivity contribution in [2.75, 3.05) is 7.11 Å². The van der Waals surface area contributed by atoms with E-state index in [1.165, 1.54) is 4.88 Å². The number of hydrogen-bond donors (Lipinski definition) is 1. The first kappa shape index (κ1) is 13.1. The van der Waals surface area contributed by atoms with Crippen LogP contribution >= 0.6 is 11.3 Å². The third kappa shape index (κ3) is 3.59. The van der Waals surface area contributed by atoms with Crippen molar-refractivity contribution in [2.24, 2.45) is 0 Å². The van der Waals surface area contributed by atoms with E-state index in [4.69, 9.17) is 4.74 Å². The lowest BCUT2D eigenvalue weighted by atomic mass is 10.0. The maximum Gasteiger partial charge on any atom is 0.119 e. The van der Waals surface area contributed by atoms with Gasteiger partial charge < -0.3 is 9.84 Å². The number of methoxy groups -OCH3 is 1. The van der Waals surface area contributed by atoms with Crippen LogP contribution in [0.25, 0.3) is 0 Å². The van der Waals surface area contributed by atoms with E-state index in [9.17, 15) is 5.11 Å². The Labute approximate surface area is 112 Å². The molecule has 2 aromatic rings. The van der Waals surface area contributed by atoms with Gasteiger partial charge in [-0.3, -0.25) is 0 Å². The van der Waals surface area contributed by atoms with Crippen LogP contribution in [0.5, 0.6) is 5.75 Å². The van der Waals surface area contributed by atoms with Gasteiger partial charge in [0, 0.05) is 4.88 Å². The molecule has 0 bridgehead atoms. The van der Waals surface area contributed by atoms with Crippen LogP contribution in [0, 0.1) is 0 Å². The summed E-state index contributed by atoms with van der Waals surface area (Å²) < 4.78 is 5.16. The van der Waals surface area contributed by atoms with Crippen LogP contribution < -0.4 is 4.74 Å². The zero-order chi connectivity index (χ0) is 12.8. The molecule has 96 valence electrons. The Balaban J connectivity index is 1.85. The molecule has 1 aromatic carbocycles. The fourth-order valence-electron chi connectivity index (χ4n) is 1.94. The number of benzene rings is 1. The van der Waals surface area contributed by atoms with E-state index in [0.717, 1.165) is 30.6 Å². The maximum absolute atomic E-state index is 10.1. The highest BCUT2D eigenvalue weighted by Gasteiger charge is 2.08. The standard InChI is InChI=1S/C15H18O2S/c1-17-13-6-2-5-12(11-13)15(16)9-3-7-14-8-4-10-18-14/h2,4-6,8,10-11,15-16H,3,7,9H2,1H3. The van der Waals surface area contributed by atoms with Gasteiger partial charge in [0.05, 0.1) is 13.2 Å². The van der Waals surface area contributed by atoms with Gasteiger partial charge in [0.15, 0.2) is 0 Å². The molecule has 1 N–H and O–H groups in total. The molecular formula is C15H18O2S. The van der Waals surface area contributed by atoms with Crippen molar-refractivity contribution in [1.29, 1.82) is 0 Å². The first-order valence-corrected chi connectivity index (χ1v) is 7.02. The fourth-order valence-corrected chi connectivity index (χ4v) is 2.69. The van der Waals surface area contributed by atoms with Gasteiger partial charge in [-0.15, -0.1) is 11.3 Å². The predicted molar refractivity (Wildman–Crippen MR) is 75.2 cm³/mol. The van der Waals surface area contributed by atoms with E-state index in [1.54, 1.807) is 18.4 Å². The van der Waals surface area contributed by atoms with Gasteiger partial charge in [0.25, 0.3) is 0 Å². The Morgan fingerprint density at radius 2 is 2.17 bits per heavy atom. The van der Waals surface area contributed by atoms with E-state index in [2.05, 4.69) is 17.5 Å². The zero-order valence-corrected chi connectivity index (χ0v) is 11.3. The predicted octanol–water partition coefficient (Wildman–Crippen LogP) is 3.81. The summed E-state index contributed by atoms with van der Waals surface area (Å²) in [7, 11) is 1.64. The number of ether oxygens (including phenoxy) is 1. The van der Waals surface area contributed by atoms with Gasteiger partial charge in [-0.1, -0.05) is 18.2 Å². The average molecular weight is 262 g/mol. The van der Waals surface area contributed by atoms with Crippen molar-refractivity contribution in [3.63, 3.8) is 0 Å². The summed E-state index contributed by atoms with van der Waals surface area (Å²) in [5.41, 5.74) is 0.931. The molecule has 1 atom stereocenters. The summed E-state index contributed by atoms with van der Waals surface area (Å²) in [6.07, 6.45) is 2.42. The third-order valence-electron chi connectivity index (χ3n) is 2.96. The normalized spacial score (nSPS) is 12.3. The van der Waals surface area contributed by atoms with E-state index >= 15 is 0 Å². The van der Waals surface area contributed by atoms with Crippen LogP contribution in [0.4, 0.5) is 0 Å². The molecule has 1 aromatic heterocycles. The van der Waals surface area contributed by atoms with Gasteiger partial charge in [-0.05, 0) is 48.4 Å². The highest BCUT2D eigenvalue weighted by atomic mass is 32.1. The minimum absolute atomic E-state index is 0.403. The molecule has 18 heavy (non-hydrogen) atoms. The van der Waals surface area contributed by atoms with Gasteiger partial charge in [0.1, 0.15) is 5.75 Å². The molecule has 0 amide bonds. The second-order valence-electron chi connectivity index (χ2n) is 4.26. The van der Waals surface area contributed by atoms with Gasteiger partial charge in [0.2, 0.25) is 0 Å². The summed E-state index contributed by atoms with van der Waals surface area (Å²) in [6.45, 7) is 0. The van der Waals surface area contributed by atoms with E-state index in [-0.39, 0.29) is 0 Å². The minimum Gasteiger partial charge on any atom is -0.497 e. The molecule has 1 unspecified atom stereocenters. The molecule has 0 radical (unpaired) electrons. The summed E-state index contributed by atoms with van der Waals surface area (Å²) in [6, 6.07) is 11.9. The molecule has 0 saturated heterocycles. The SMILES string of the molecule is COc1cccc(C(O)CCCc2cccs2)c1. The van der Waals surface area contributed by atoms with Crippen LogP contribution in [-0.2, 0) is 6.42 Å². The van der Waals surface area contributed by atoms with Crippen LogP contribution in [0.2, 0.25) is 0 Å². The lowest BCUT2D eigenvalue weighted by Gasteiger charge is -2.11. The van der Waals surface area contributed by atoms with Crippen molar-refractivity contribution in [1.82, 2.24) is 0 Å². The van der Waals surface area contributed by atoms with Crippen LogP contribution in [0.15, 0.2) is 41.8 Å². The number of thiophene rings is 1. The number of aryl methyl sites for hydroxylation is 1. The first-order chi connectivity index (χ1) is 8.79. The summed E-state index contributed by atoms with van der Waals surface area (Å²) >= 11 is 1.77. The molecule has 0 aliphatic heterocycles. The van der Waals surface area contributed by atoms with Crippen molar-refractivity contribution >= 4 is 11.3 Å². The Morgan fingerprint density at radius 3 is 2.89 bits per heavy atom. The molecule has 1 heterocycles. The van der Waals surface area contributed by atoms with E-state index < -0.39 is 6.10 Å². The smallest absolute Gasteiger partial charge is 0.119 e. The maximum atomic E-state index is 10.1. The second-order valence-corrected chi connectivity index (χ2v) is 5.30. The molecular weight excluding hydrogens is 244 g/mol. The van der Waals surface area contributed by atoms with Crippen molar-refractivity contribution in [3.8, 4) is 5.75 Å². The topological polar surface area (TPSA) is 29.5 Å². The first-order valence-electron chi connectivity index (χ1n) is 6.14. The molecule has 2 rings (SSSR count). The Kier molecular flexibility index (Phi) is 4.79. The number of aliphatic hydroxyl groups excluding tert-OH is 1. The zero-order valence-electron chi connectivity index (χ0n) is 10.5. The van der Waals surface area contributed by atoms with Crippen LogP contribution in [0.1, 0.15) is 29.4 Å². The van der Waals surface area contributed by atoms with Crippen LogP contribution in [-0.4, -0.2) is 12.2 Å². The quantitative estimate of drug-likeness (QED) is 0.857. The average Bonchev–Trinajstić information content (AvgIpc) is 2.92. The molecule has 0 fully saturated rings. The third-order valence-corrected chi connectivity index (χ3v) is 3.90. The molecule has 0 spiro atoms. The van der Waals surface area contributed by atoms with Gasteiger partial charge in [-0.2, -0.15) is 0 Å². The minimum atomic E-state index is -0.403. The highest BCUT2D eigenvalue weighted by Crippen LogP contribution is 2.23. The fraction of sp³-hybridized carbons (Fsp3) is 0.333. The molecule has 0 aliphatic carbocycles. The van der Waals surface area contributed by atoms with Gasteiger partial charge >= 0.3 is 0 Å². The highest BCUT2D eigenvalue weighted by molar-refractivity contribution is 7.09. The monoisotopic (exact) mass is 262 g/mol. The molecule has 3 heteroatoms. The number of rotatable bonds is 6. The molecule has 0 aliphatic rings. The Morgan fingerprint density at radius 1 is 1.28 bits per heavy atom. The summed E-state index contributed by atoms with van der Waals surface area (Å²) in [5, 5.41) is 12.2. The largest absolute Gasteiger partial charge is 0.497 e. The Bertz CT molecular complexity index is 465. The Hall–Kier alpha value is -1.32. The van der Waals surface area contributed by atoms with Crippen molar-refractivity contribution in [3.05, 3.63) is 52.2 Å². The lowest BCUT2D eigenvalue weighted by Crippen LogP contribution is -1.98. The summed E-state index contributed by atoms with van der Waals surface area (Å²) in [4.78, 5) is 1.38. The van der Waals surface area contributed by atoms with Crippen molar-refractivity contribution < 1.29 is 9.84 Å².